The first-order valence-corrected chi connectivity index (χ1v) is 46.7. The van der Waals surface area contributed by atoms with Crippen LogP contribution < -0.4 is 0 Å². The molecule has 25 aromatic rings. The lowest BCUT2D eigenvalue weighted by atomic mass is 9.92. The maximum Gasteiger partial charge on any atom is 0.164 e. The molecule has 0 N–H and O–H groups in total. The van der Waals surface area contributed by atoms with Crippen molar-refractivity contribution in [1.29, 1.82) is 0 Å². The summed E-state index contributed by atoms with van der Waals surface area (Å²) < 4.78 is 7.83. The molecule has 0 aliphatic rings. The number of benzene rings is 19. The predicted octanol–water partition coefficient (Wildman–Crippen LogP) is 32.9. The summed E-state index contributed by atoms with van der Waals surface area (Å²) in [5, 5.41) is 10.1. The van der Waals surface area contributed by atoms with Crippen LogP contribution in [0.5, 0.6) is 0 Å². The van der Waals surface area contributed by atoms with E-state index in [1.807, 2.05) is 131 Å². The average Bonchev–Trinajstić information content (AvgIpc) is 1.78. The van der Waals surface area contributed by atoms with Gasteiger partial charge in [0.1, 0.15) is 0 Å². The van der Waals surface area contributed by atoms with Gasteiger partial charge < -0.3 is 0 Å². The smallest absolute Gasteiger partial charge is 0.164 e. The highest BCUT2D eigenvalue weighted by atomic mass is 32.1. The Labute approximate surface area is 780 Å². The Morgan fingerprint density at radius 3 is 0.714 bits per heavy atom. The minimum Gasteiger partial charge on any atom is -0.208 e. The number of rotatable bonds is 15. The summed E-state index contributed by atoms with van der Waals surface area (Å²) in [6.07, 6.45) is 0. The van der Waals surface area contributed by atoms with Crippen molar-refractivity contribution in [3.05, 3.63) is 467 Å². The first kappa shape index (κ1) is 80.7. The molecule has 9 nitrogen and oxygen atoms in total. The fourth-order valence-electron chi connectivity index (χ4n) is 17.7. The molecule has 0 spiro atoms. The molecule has 0 aliphatic carbocycles. The lowest BCUT2D eigenvalue weighted by molar-refractivity contribution is 1.07. The molecule has 0 bridgehead atoms. The Kier molecular flexibility index (Phi) is 21.8. The van der Waals surface area contributed by atoms with E-state index in [9.17, 15) is 0 Å². The number of thiophene rings is 3. The lowest BCUT2D eigenvalue weighted by Gasteiger charge is -2.14. The van der Waals surface area contributed by atoms with Gasteiger partial charge in [-0.25, -0.2) is 44.9 Å². The van der Waals surface area contributed by atoms with E-state index in [0.29, 0.717) is 52.4 Å². The van der Waals surface area contributed by atoms with E-state index in [1.165, 1.54) is 116 Å². The molecule has 0 saturated heterocycles. The van der Waals surface area contributed by atoms with Crippen LogP contribution in [-0.4, -0.2) is 44.9 Å². The minimum atomic E-state index is 0.649. The standard InChI is InChI=1S/C43H27N3S.2C39H25N3S/c1-3-12-28(13-4-1)29-22-24-31(25-23-29)42-44-41(30-14-5-2-6-15-30)45-43(46-42)36-27-26-34(32-16-7-8-17-33(32)36)35-19-11-21-39-40(35)37-18-9-10-20-38(37)47-39;1-3-10-26(11-4-1)27-18-22-30(23-19-27)38-40-37(29-12-5-2-6-13-29)41-39(42-38)31-24-20-28(21-25-31)32-15-9-16-34-33-14-7-8-17-35(33)43-36(32)34;1-3-10-26(11-4-1)27-18-22-30(23-19-27)38-40-37(29-12-5-2-6-13-29)41-39(42-38)31-24-20-28(21-25-31)32-15-9-17-35-36(32)33-14-7-8-16-34(33)43-35/h1-27H;2*1-25H. The van der Waals surface area contributed by atoms with E-state index in [-0.39, 0.29) is 0 Å². The Balaban J connectivity index is 0.000000113. The summed E-state index contributed by atoms with van der Waals surface area (Å²) >= 11 is 5.54. The number of aromatic nitrogens is 9. The van der Waals surface area contributed by atoms with E-state index >= 15 is 0 Å². The number of fused-ring (bicyclic) bond motifs is 10. The van der Waals surface area contributed by atoms with Gasteiger partial charge in [0, 0.05) is 111 Å². The van der Waals surface area contributed by atoms with Crippen LogP contribution in [0.25, 0.3) is 241 Å². The zero-order chi connectivity index (χ0) is 88.3. The number of hydrogen-bond acceptors (Lipinski definition) is 12. The molecule has 12 heteroatoms. The third kappa shape index (κ3) is 16.4. The minimum absolute atomic E-state index is 0.649. The Morgan fingerprint density at radius 2 is 0.338 bits per heavy atom. The second-order valence-electron chi connectivity index (χ2n) is 32.5. The molecular formula is C121H77N9S3. The molecular weight excluding hydrogens is 1680 g/mol. The van der Waals surface area contributed by atoms with Crippen LogP contribution in [0, 0.1) is 0 Å². The largest absolute Gasteiger partial charge is 0.208 e. The monoisotopic (exact) mass is 1750 g/mol. The average molecular weight is 1750 g/mol. The molecule has 0 aliphatic heterocycles. The van der Waals surface area contributed by atoms with Crippen molar-refractivity contribution in [2.75, 3.05) is 0 Å². The van der Waals surface area contributed by atoms with E-state index in [1.54, 1.807) is 0 Å². The van der Waals surface area contributed by atoms with Crippen LogP contribution >= 0.6 is 34.0 Å². The first-order valence-electron chi connectivity index (χ1n) is 44.3. The molecule has 25 rings (SSSR count). The van der Waals surface area contributed by atoms with Gasteiger partial charge >= 0.3 is 0 Å². The van der Waals surface area contributed by atoms with E-state index in [4.69, 9.17) is 44.9 Å². The van der Waals surface area contributed by atoms with Gasteiger partial charge in [0.15, 0.2) is 52.4 Å². The predicted molar refractivity (Wildman–Crippen MR) is 557 cm³/mol. The maximum atomic E-state index is 5.12. The highest BCUT2D eigenvalue weighted by Gasteiger charge is 2.23. The van der Waals surface area contributed by atoms with Crippen molar-refractivity contribution in [3.8, 4) is 169 Å². The second kappa shape index (κ2) is 36.0. The third-order valence-electron chi connectivity index (χ3n) is 24.3. The van der Waals surface area contributed by atoms with Crippen molar-refractivity contribution in [2.24, 2.45) is 0 Å². The highest BCUT2D eigenvalue weighted by molar-refractivity contribution is 7.27. The van der Waals surface area contributed by atoms with E-state index in [0.717, 1.165) is 72.1 Å². The van der Waals surface area contributed by atoms with Crippen LogP contribution in [0.4, 0.5) is 0 Å². The Morgan fingerprint density at radius 1 is 0.113 bits per heavy atom. The summed E-state index contributed by atoms with van der Waals surface area (Å²) in [6.45, 7) is 0. The van der Waals surface area contributed by atoms with Crippen LogP contribution in [0.2, 0.25) is 0 Å². The molecule has 133 heavy (non-hydrogen) atoms. The van der Waals surface area contributed by atoms with E-state index in [2.05, 4.69) is 370 Å². The topological polar surface area (TPSA) is 116 Å². The molecule has 6 heterocycles. The third-order valence-corrected chi connectivity index (χ3v) is 27.8. The summed E-state index contributed by atoms with van der Waals surface area (Å²) in [7, 11) is 0. The van der Waals surface area contributed by atoms with Crippen molar-refractivity contribution in [2.45, 2.75) is 0 Å². The number of nitrogens with zero attached hydrogens (tertiary/aromatic N) is 9. The van der Waals surface area contributed by atoms with Gasteiger partial charge in [-0.1, -0.05) is 431 Å². The molecule has 0 radical (unpaired) electrons. The zero-order valence-electron chi connectivity index (χ0n) is 71.7. The molecule has 0 fully saturated rings. The van der Waals surface area contributed by atoms with Crippen molar-refractivity contribution >= 4 is 105 Å². The van der Waals surface area contributed by atoms with Gasteiger partial charge in [-0.05, 0) is 114 Å². The van der Waals surface area contributed by atoms with Crippen LogP contribution in [-0.2, 0) is 0 Å². The van der Waals surface area contributed by atoms with Crippen LogP contribution in [0.15, 0.2) is 467 Å². The lowest BCUT2D eigenvalue weighted by Crippen LogP contribution is -2.00. The van der Waals surface area contributed by atoms with Crippen molar-refractivity contribution in [3.63, 3.8) is 0 Å². The Hall–Kier alpha value is -16.9. The summed E-state index contributed by atoms with van der Waals surface area (Å²) in [5.74, 6) is 5.90. The van der Waals surface area contributed by atoms with Crippen molar-refractivity contribution in [1.82, 2.24) is 44.9 Å². The molecule has 6 aromatic heterocycles. The zero-order valence-corrected chi connectivity index (χ0v) is 74.2. The summed E-state index contributed by atoms with van der Waals surface area (Å²) in [6, 6.07) is 163. The summed E-state index contributed by atoms with van der Waals surface area (Å²) in [5.41, 5.74) is 22.9. The first-order chi connectivity index (χ1) is 65.9. The van der Waals surface area contributed by atoms with Crippen LogP contribution in [0.1, 0.15) is 0 Å². The molecule has 19 aromatic carbocycles. The number of hydrogen-bond donors (Lipinski definition) is 0. The maximum absolute atomic E-state index is 5.12. The fourth-order valence-corrected chi connectivity index (χ4v) is 21.2. The van der Waals surface area contributed by atoms with Gasteiger partial charge in [0.25, 0.3) is 0 Å². The van der Waals surface area contributed by atoms with Gasteiger partial charge in [-0.2, -0.15) is 0 Å². The fraction of sp³-hybridized carbons (Fsp3) is 0. The highest BCUT2D eigenvalue weighted by Crippen LogP contribution is 2.47. The summed E-state index contributed by atoms with van der Waals surface area (Å²) in [4.78, 5) is 44.8. The van der Waals surface area contributed by atoms with Gasteiger partial charge in [0.05, 0.1) is 0 Å². The molecule has 0 saturated carbocycles. The normalized spacial score (nSPS) is 11.3. The van der Waals surface area contributed by atoms with E-state index < -0.39 is 0 Å². The SMILES string of the molecule is c1ccc(-c2ccc(-c3nc(-c4ccccc4)nc(-c4ccc(-c5cccc6c5sc5ccccc56)cc4)n3)cc2)cc1.c1ccc(-c2ccc(-c3nc(-c4ccccc4)nc(-c4ccc(-c5cccc6sc7ccccc7c56)c5ccccc45)n3)cc2)cc1.c1ccc(-c2ccc(-c3nc(-c4ccccc4)nc(-c4ccc(-c5cccc6sc7ccccc7c56)cc4)n3)cc2)cc1. The molecule has 0 amide bonds. The van der Waals surface area contributed by atoms with Gasteiger partial charge in [0.2, 0.25) is 0 Å². The Bertz CT molecular complexity index is 8550. The second-order valence-corrected chi connectivity index (χ2v) is 35.8. The molecule has 0 unspecified atom stereocenters. The molecule has 0 atom stereocenters. The van der Waals surface area contributed by atoms with Gasteiger partial charge in [-0.15, -0.1) is 34.0 Å². The quantitative estimate of drug-likeness (QED) is 0.0989. The molecule has 624 valence electrons. The van der Waals surface area contributed by atoms with Gasteiger partial charge in [-0.3, -0.25) is 0 Å². The van der Waals surface area contributed by atoms with Crippen molar-refractivity contribution < 1.29 is 0 Å². The van der Waals surface area contributed by atoms with Crippen LogP contribution in [0.3, 0.4) is 0 Å².